The molecule has 2 aliphatic heterocycles. The van der Waals surface area contributed by atoms with Crippen molar-refractivity contribution in [1.29, 1.82) is 0 Å². The van der Waals surface area contributed by atoms with Gasteiger partial charge in [-0.15, -0.1) is 10.2 Å². The van der Waals surface area contributed by atoms with Gasteiger partial charge in [-0.1, -0.05) is 48.3 Å². The van der Waals surface area contributed by atoms with Gasteiger partial charge < -0.3 is 14.7 Å². The molecule has 0 spiro atoms. The van der Waals surface area contributed by atoms with Crippen LogP contribution in [-0.4, -0.2) is 26.4 Å². The molecular weight excluding hydrogens is 390 g/mol. The van der Waals surface area contributed by atoms with Gasteiger partial charge in [0.1, 0.15) is 11.5 Å². The zero-order chi connectivity index (χ0) is 21.0. The molecule has 1 aromatic heterocycles. The molecule has 0 saturated heterocycles. The van der Waals surface area contributed by atoms with Crippen molar-refractivity contribution < 1.29 is 9.63 Å². The van der Waals surface area contributed by atoms with Crippen molar-refractivity contribution in [3.63, 3.8) is 0 Å². The van der Waals surface area contributed by atoms with E-state index in [2.05, 4.69) is 25.2 Å². The highest BCUT2D eigenvalue weighted by atomic mass is 16.6. The van der Waals surface area contributed by atoms with E-state index in [1.54, 1.807) is 0 Å². The normalized spacial score (nSPS) is 18.3. The molecule has 0 radical (unpaired) electrons. The molecule has 0 fully saturated rings. The number of hydrogen-bond donors (Lipinski definition) is 1. The lowest BCUT2D eigenvalue weighted by molar-refractivity contribution is -0.110. The molecule has 3 aromatic rings. The van der Waals surface area contributed by atoms with Crippen LogP contribution in [0.5, 0.6) is 0 Å². The van der Waals surface area contributed by atoms with Crippen molar-refractivity contribution in [2.24, 2.45) is 5.16 Å². The smallest absolute Gasteiger partial charge is 0.273 e. The van der Waals surface area contributed by atoms with E-state index in [1.807, 2.05) is 54.6 Å². The second-order valence-electron chi connectivity index (χ2n) is 8.03. The lowest BCUT2D eigenvalue weighted by Gasteiger charge is -2.13. The summed E-state index contributed by atoms with van der Waals surface area (Å²) in [6, 6.07) is 17.6. The first kappa shape index (κ1) is 19.5. The second kappa shape index (κ2) is 8.71. The van der Waals surface area contributed by atoms with Gasteiger partial charge in [-0.05, 0) is 42.7 Å². The topological polar surface area (TPSA) is 81.4 Å². The van der Waals surface area contributed by atoms with Crippen molar-refractivity contribution in [3.05, 3.63) is 66.0 Å². The SMILES string of the molecule is O=C(Nc1ccc(-c2nnc3n2CCCCCC3)cc1)C1=NOC(c2ccccc2)C1. The predicted octanol–water partition coefficient (Wildman–Crippen LogP) is 4.52. The maximum Gasteiger partial charge on any atom is 0.273 e. The Balaban J connectivity index is 1.25. The summed E-state index contributed by atoms with van der Waals surface area (Å²) >= 11 is 0. The zero-order valence-corrected chi connectivity index (χ0v) is 17.3. The van der Waals surface area contributed by atoms with Gasteiger partial charge in [0, 0.05) is 30.6 Å². The van der Waals surface area contributed by atoms with Crippen molar-refractivity contribution in [2.45, 2.75) is 51.2 Å². The van der Waals surface area contributed by atoms with Crippen molar-refractivity contribution in [2.75, 3.05) is 5.32 Å². The molecule has 2 aliphatic rings. The van der Waals surface area contributed by atoms with E-state index in [0.717, 1.165) is 42.2 Å². The summed E-state index contributed by atoms with van der Waals surface area (Å²) in [5.74, 6) is 1.73. The average molecular weight is 415 g/mol. The standard InChI is InChI=1S/C24H25N5O2/c30-24(20-16-21(31-28-20)17-8-4-3-5-9-17)25-19-13-11-18(12-14-19)23-27-26-22-10-6-1-2-7-15-29(22)23/h3-5,8-9,11-14,21H,1-2,6-7,10,15-16H2,(H,25,30). The molecule has 1 amide bonds. The number of benzene rings is 2. The van der Waals surface area contributed by atoms with E-state index in [9.17, 15) is 4.79 Å². The van der Waals surface area contributed by atoms with Crippen LogP contribution in [0.4, 0.5) is 5.69 Å². The number of rotatable bonds is 4. The fourth-order valence-electron chi connectivity index (χ4n) is 4.14. The number of aryl methyl sites for hydroxylation is 1. The van der Waals surface area contributed by atoms with Gasteiger partial charge >= 0.3 is 0 Å². The van der Waals surface area contributed by atoms with Gasteiger partial charge in [0.15, 0.2) is 11.9 Å². The summed E-state index contributed by atoms with van der Waals surface area (Å²) < 4.78 is 2.24. The highest BCUT2D eigenvalue weighted by Crippen LogP contribution is 2.28. The molecule has 1 unspecified atom stereocenters. The highest BCUT2D eigenvalue weighted by Gasteiger charge is 2.27. The number of hydrogen-bond acceptors (Lipinski definition) is 5. The molecule has 5 rings (SSSR count). The van der Waals surface area contributed by atoms with Crippen LogP contribution in [-0.2, 0) is 22.6 Å². The number of oxime groups is 1. The number of nitrogens with one attached hydrogen (secondary N) is 1. The van der Waals surface area contributed by atoms with Crippen molar-refractivity contribution in [3.8, 4) is 11.4 Å². The average Bonchev–Trinajstić information content (AvgIpc) is 3.42. The number of nitrogens with zero attached hydrogens (tertiary/aromatic N) is 4. The largest absolute Gasteiger partial charge is 0.387 e. The minimum atomic E-state index is -0.237. The summed E-state index contributed by atoms with van der Waals surface area (Å²) in [6.45, 7) is 0.957. The van der Waals surface area contributed by atoms with Gasteiger partial charge in [0.2, 0.25) is 0 Å². The summed E-state index contributed by atoms with van der Waals surface area (Å²) in [6.07, 6.45) is 6.06. The third-order valence-electron chi connectivity index (χ3n) is 5.86. The van der Waals surface area contributed by atoms with E-state index in [4.69, 9.17) is 4.84 Å². The van der Waals surface area contributed by atoms with Gasteiger partial charge in [-0.3, -0.25) is 4.79 Å². The molecule has 2 aromatic carbocycles. The molecule has 1 N–H and O–H groups in total. The zero-order valence-electron chi connectivity index (χ0n) is 17.3. The molecule has 3 heterocycles. The Labute approximate surface area is 181 Å². The summed E-state index contributed by atoms with van der Waals surface area (Å²) in [7, 11) is 0. The fraction of sp³-hybridized carbons (Fsp3) is 0.333. The lowest BCUT2D eigenvalue weighted by Crippen LogP contribution is -2.21. The van der Waals surface area contributed by atoms with E-state index in [0.29, 0.717) is 17.8 Å². The van der Waals surface area contributed by atoms with Crippen LogP contribution in [0.3, 0.4) is 0 Å². The van der Waals surface area contributed by atoms with Crippen LogP contribution in [0.1, 0.15) is 49.6 Å². The third-order valence-corrected chi connectivity index (χ3v) is 5.86. The first-order valence-corrected chi connectivity index (χ1v) is 10.9. The highest BCUT2D eigenvalue weighted by molar-refractivity contribution is 6.43. The third kappa shape index (κ3) is 4.21. The molecule has 7 heteroatoms. The van der Waals surface area contributed by atoms with Gasteiger partial charge in [0.25, 0.3) is 5.91 Å². The Bertz CT molecular complexity index is 1090. The van der Waals surface area contributed by atoms with E-state index in [-0.39, 0.29) is 12.0 Å². The maximum absolute atomic E-state index is 12.6. The van der Waals surface area contributed by atoms with Crippen molar-refractivity contribution in [1.82, 2.24) is 14.8 Å². The Hall–Kier alpha value is -3.48. The Morgan fingerprint density at radius 1 is 0.968 bits per heavy atom. The van der Waals surface area contributed by atoms with Crippen LogP contribution in [0, 0.1) is 0 Å². The number of carbonyl (C=O) groups excluding carboxylic acids is 1. The van der Waals surface area contributed by atoms with Crippen LogP contribution in [0.2, 0.25) is 0 Å². The number of carbonyl (C=O) groups is 1. The fourth-order valence-corrected chi connectivity index (χ4v) is 4.14. The minimum absolute atomic E-state index is 0.211. The monoisotopic (exact) mass is 415 g/mol. The number of aromatic nitrogens is 3. The van der Waals surface area contributed by atoms with Crippen LogP contribution < -0.4 is 5.32 Å². The van der Waals surface area contributed by atoms with Crippen LogP contribution in [0.15, 0.2) is 59.8 Å². The van der Waals surface area contributed by atoms with Gasteiger partial charge in [-0.25, -0.2) is 0 Å². The number of anilines is 1. The summed E-state index contributed by atoms with van der Waals surface area (Å²) in [5.41, 5.74) is 3.13. The molecule has 31 heavy (non-hydrogen) atoms. The molecule has 0 bridgehead atoms. The Morgan fingerprint density at radius 3 is 2.61 bits per heavy atom. The lowest BCUT2D eigenvalue weighted by atomic mass is 10.0. The quantitative estimate of drug-likeness (QED) is 0.679. The number of fused-ring (bicyclic) bond motifs is 1. The summed E-state index contributed by atoms with van der Waals surface area (Å²) in [5, 5.41) is 15.7. The van der Waals surface area contributed by atoms with Crippen molar-refractivity contribution >= 4 is 17.3 Å². The molecule has 0 aliphatic carbocycles. The molecular formula is C24H25N5O2. The Morgan fingerprint density at radius 2 is 1.77 bits per heavy atom. The van der Waals surface area contributed by atoms with Crippen LogP contribution in [0.25, 0.3) is 11.4 Å². The molecule has 7 nitrogen and oxygen atoms in total. The first-order valence-electron chi connectivity index (χ1n) is 10.9. The minimum Gasteiger partial charge on any atom is -0.387 e. The van der Waals surface area contributed by atoms with E-state index < -0.39 is 0 Å². The first-order chi connectivity index (χ1) is 15.3. The molecule has 1 atom stereocenters. The van der Waals surface area contributed by atoms with Gasteiger partial charge in [0.05, 0.1) is 0 Å². The Kier molecular flexibility index (Phi) is 5.48. The van der Waals surface area contributed by atoms with E-state index in [1.165, 1.54) is 19.3 Å². The molecule has 0 saturated carbocycles. The molecule has 158 valence electrons. The summed E-state index contributed by atoms with van der Waals surface area (Å²) in [4.78, 5) is 18.1. The predicted molar refractivity (Wildman–Crippen MR) is 119 cm³/mol. The maximum atomic E-state index is 12.6. The number of amides is 1. The van der Waals surface area contributed by atoms with E-state index >= 15 is 0 Å². The van der Waals surface area contributed by atoms with Crippen LogP contribution >= 0.6 is 0 Å². The van der Waals surface area contributed by atoms with Gasteiger partial charge in [-0.2, -0.15) is 0 Å². The second-order valence-corrected chi connectivity index (χ2v) is 8.03.